The van der Waals surface area contributed by atoms with E-state index in [4.69, 9.17) is 8.83 Å². The van der Waals surface area contributed by atoms with Crippen molar-refractivity contribution in [1.82, 2.24) is 20.1 Å². The summed E-state index contributed by atoms with van der Waals surface area (Å²) in [6.07, 6.45) is 1.34. The standard InChI is InChI=1S/C16H16N4O6S2/c1-20(2)28(23,24)10-5-6-12-11(8-10)17-16(26-12)27-9-14(21)18-19-15(22)13-4-3-7-25-13/h3-8H,9H2,1-2H3,(H,18,21)(H,19,22). The van der Waals surface area contributed by atoms with Gasteiger partial charge in [-0.05, 0) is 30.3 Å². The van der Waals surface area contributed by atoms with Crippen molar-refractivity contribution in [3.8, 4) is 0 Å². The molecule has 0 atom stereocenters. The summed E-state index contributed by atoms with van der Waals surface area (Å²) in [7, 11) is -0.711. The van der Waals surface area contributed by atoms with Gasteiger partial charge < -0.3 is 8.83 Å². The van der Waals surface area contributed by atoms with Crippen LogP contribution < -0.4 is 10.9 Å². The van der Waals surface area contributed by atoms with E-state index in [0.29, 0.717) is 11.1 Å². The summed E-state index contributed by atoms with van der Waals surface area (Å²) in [5.74, 6) is -1.08. The van der Waals surface area contributed by atoms with Gasteiger partial charge in [0.1, 0.15) is 5.52 Å². The van der Waals surface area contributed by atoms with Crippen LogP contribution in [0.3, 0.4) is 0 Å². The van der Waals surface area contributed by atoms with Crippen molar-refractivity contribution in [3.05, 3.63) is 42.4 Å². The van der Waals surface area contributed by atoms with Crippen LogP contribution in [0.25, 0.3) is 11.1 Å². The monoisotopic (exact) mass is 424 g/mol. The number of nitrogens with one attached hydrogen (secondary N) is 2. The lowest BCUT2D eigenvalue weighted by Crippen LogP contribution is -2.42. The summed E-state index contributed by atoms with van der Waals surface area (Å²) in [6, 6.07) is 7.34. The zero-order valence-corrected chi connectivity index (χ0v) is 16.5. The molecule has 0 aliphatic carbocycles. The van der Waals surface area contributed by atoms with Crippen LogP contribution in [0.1, 0.15) is 10.6 Å². The Morgan fingerprint density at radius 3 is 2.68 bits per heavy atom. The van der Waals surface area contributed by atoms with Gasteiger partial charge >= 0.3 is 5.91 Å². The molecule has 0 aliphatic heterocycles. The summed E-state index contributed by atoms with van der Waals surface area (Å²) < 4.78 is 35.8. The Kier molecular flexibility index (Phi) is 5.72. The molecule has 3 rings (SSSR count). The van der Waals surface area contributed by atoms with Crippen molar-refractivity contribution in [2.45, 2.75) is 10.1 Å². The van der Waals surface area contributed by atoms with E-state index in [0.717, 1.165) is 16.1 Å². The third-order valence-electron chi connectivity index (χ3n) is 3.51. The van der Waals surface area contributed by atoms with Gasteiger partial charge in [-0.25, -0.2) is 17.7 Å². The Bertz CT molecular complexity index is 1110. The first-order chi connectivity index (χ1) is 13.3. The zero-order chi connectivity index (χ0) is 20.3. The Hall–Kier alpha value is -2.83. The number of sulfonamides is 1. The molecule has 2 N–H and O–H groups in total. The van der Waals surface area contributed by atoms with Gasteiger partial charge in [-0.2, -0.15) is 0 Å². The predicted octanol–water partition coefficient (Wildman–Crippen LogP) is 1.22. The molecule has 0 saturated carbocycles. The number of carbonyl (C=O) groups excluding carboxylic acids is 2. The van der Waals surface area contributed by atoms with Gasteiger partial charge in [-0.3, -0.25) is 20.4 Å². The van der Waals surface area contributed by atoms with E-state index in [1.807, 2.05) is 0 Å². The quantitative estimate of drug-likeness (QED) is 0.446. The van der Waals surface area contributed by atoms with E-state index in [1.165, 1.54) is 44.6 Å². The number of furan rings is 1. The molecule has 0 spiro atoms. The molecule has 148 valence electrons. The zero-order valence-electron chi connectivity index (χ0n) is 14.8. The van der Waals surface area contributed by atoms with Crippen LogP contribution in [0.4, 0.5) is 0 Å². The van der Waals surface area contributed by atoms with Crippen molar-refractivity contribution < 1.29 is 26.8 Å². The lowest BCUT2D eigenvalue weighted by molar-refractivity contribution is -0.119. The van der Waals surface area contributed by atoms with Gasteiger partial charge in [0.05, 0.1) is 16.9 Å². The van der Waals surface area contributed by atoms with Crippen LogP contribution in [-0.2, 0) is 14.8 Å². The first kappa shape index (κ1) is 19.9. The first-order valence-corrected chi connectivity index (χ1v) is 10.3. The molecule has 2 amide bonds. The minimum absolute atomic E-state index is 0.0652. The number of aromatic nitrogens is 1. The lowest BCUT2D eigenvalue weighted by Gasteiger charge is -2.10. The topological polar surface area (TPSA) is 135 Å². The number of carbonyl (C=O) groups is 2. The Balaban J connectivity index is 1.60. The van der Waals surface area contributed by atoms with Gasteiger partial charge in [-0.1, -0.05) is 11.8 Å². The minimum atomic E-state index is -3.59. The maximum Gasteiger partial charge on any atom is 0.305 e. The maximum atomic E-state index is 12.2. The molecule has 2 heterocycles. The smallest absolute Gasteiger partial charge is 0.305 e. The Morgan fingerprint density at radius 2 is 2.00 bits per heavy atom. The molecular weight excluding hydrogens is 408 g/mol. The normalized spacial score (nSPS) is 11.7. The van der Waals surface area contributed by atoms with Crippen LogP contribution in [-0.4, -0.2) is 49.4 Å². The van der Waals surface area contributed by atoms with Gasteiger partial charge in [0, 0.05) is 14.1 Å². The SMILES string of the molecule is CN(C)S(=O)(=O)c1ccc2oc(SCC(=O)NNC(=O)c3ccco3)nc2c1. The fraction of sp³-hybridized carbons (Fsp3) is 0.188. The predicted molar refractivity (Wildman–Crippen MR) is 99.9 cm³/mol. The highest BCUT2D eigenvalue weighted by Crippen LogP contribution is 2.26. The number of nitrogens with zero attached hydrogens (tertiary/aromatic N) is 2. The van der Waals surface area contributed by atoms with Gasteiger partial charge in [0.2, 0.25) is 15.9 Å². The summed E-state index contributed by atoms with van der Waals surface area (Å²) in [6.45, 7) is 0. The summed E-state index contributed by atoms with van der Waals surface area (Å²) >= 11 is 0.999. The summed E-state index contributed by atoms with van der Waals surface area (Å²) in [5, 5.41) is 0.196. The molecular formula is C16H16N4O6S2. The number of amides is 2. The highest BCUT2D eigenvalue weighted by atomic mass is 32.2. The number of rotatable bonds is 6. The second-order valence-electron chi connectivity index (χ2n) is 5.67. The largest absolute Gasteiger partial charge is 0.459 e. The number of hydrogen-bond donors (Lipinski definition) is 2. The molecule has 0 saturated heterocycles. The molecule has 3 aromatic rings. The highest BCUT2D eigenvalue weighted by Gasteiger charge is 2.19. The molecule has 0 radical (unpaired) electrons. The fourth-order valence-electron chi connectivity index (χ4n) is 2.08. The molecule has 0 fully saturated rings. The molecule has 10 nitrogen and oxygen atoms in total. The summed E-state index contributed by atoms with van der Waals surface area (Å²) in [5.41, 5.74) is 5.21. The number of thioether (sulfide) groups is 1. The molecule has 0 bridgehead atoms. The van der Waals surface area contributed by atoms with Crippen molar-refractivity contribution in [1.29, 1.82) is 0 Å². The van der Waals surface area contributed by atoms with Crippen molar-refractivity contribution in [2.24, 2.45) is 0 Å². The average Bonchev–Trinajstić information content (AvgIpc) is 3.32. The molecule has 0 unspecified atom stereocenters. The van der Waals surface area contributed by atoms with E-state index in [1.54, 1.807) is 6.07 Å². The minimum Gasteiger partial charge on any atom is -0.459 e. The highest BCUT2D eigenvalue weighted by molar-refractivity contribution is 7.99. The van der Waals surface area contributed by atoms with Crippen LogP contribution in [0.5, 0.6) is 0 Å². The van der Waals surface area contributed by atoms with Crippen LogP contribution in [0, 0.1) is 0 Å². The molecule has 2 aromatic heterocycles. The van der Waals surface area contributed by atoms with E-state index in [-0.39, 0.29) is 21.6 Å². The van der Waals surface area contributed by atoms with Gasteiger partial charge in [-0.15, -0.1) is 0 Å². The maximum absolute atomic E-state index is 12.2. The molecule has 0 aliphatic rings. The van der Waals surface area contributed by atoms with Crippen molar-refractivity contribution >= 4 is 44.7 Å². The number of fused-ring (bicyclic) bond motifs is 1. The average molecular weight is 424 g/mol. The van der Waals surface area contributed by atoms with Crippen LogP contribution >= 0.6 is 11.8 Å². The number of hydrazine groups is 1. The summed E-state index contributed by atoms with van der Waals surface area (Å²) in [4.78, 5) is 27.8. The number of oxazole rings is 1. The number of benzene rings is 1. The number of hydrogen-bond acceptors (Lipinski definition) is 8. The third kappa shape index (κ3) is 4.35. The van der Waals surface area contributed by atoms with E-state index < -0.39 is 21.8 Å². The lowest BCUT2D eigenvalue weighted by atomic mass is 10.3. The van der Waals surface area contributed by atoms with Crippen molar-refractivity contribution in [3.63, 3.8) is 0 Å². The Labute approximate surface area is 164 Å². The Morgan fingerprint density at radius 1 is 1.21 bits per heavy atom. The molecule has 1 aromatic carbocycles. The van der Waals surface area contributed by atoms with E-state index in [9.17, 15) is 18.0 Å². The van der Waals surface area contributed by atoms with Crippen LogP contribution in [0.2, 0.25) is 0 Å². The van der Waals surface area contributed by atoms with Gasteiger partial charge in [0.15, 0.2) is 11.3 Å². The molecule has 12 heteroatoms. The van der Waals surface area contributed by atoms with E-state index >= 15 is 0 Å². The second-order valence-corrected chi connectivity index (χ2v) is 8.74. The van der Waals surface area contributed by atoms with Crippen molar-refractivity contribution in [2.75, 3.05) is 19.8 Å². The fourth-order valence-corrected chi connectivity index (χ4v) is 3.64. The molecule has 28 heavy (non-hydrogen) atoms. The van der Waals surface area contributed by atoms with E-state index in [2.05, 4.69) is 15.8 Å². The van der Waals surface area contributed by atoms with Gasteiger partial charge in [0.25, 0.3) is 5.22 Å². The van der Waals surface area contributed by atoms with Crippen LogP contribution in [0.15, 0.2) is 55.5 Å². The third-order valence-corrected chi connectivity index (χ3v) is 6.14. The first-order valence-electron chi connectivity index (χ1n) is 7.86. The second kappa shape index (κ2) is 8.04.